The van der Waals surface area contributed by atoms with Gasteiger partial charge >= 0.3 is 0 Å². The van der Waals surface area contributed by atoms with Gasteiger partial charge in [-0.25, -0.2) is 5.43 Å². The molecule has 2 N–H and O–H groups in total. The van der Waals surface area contributed by atoms with Crippen LogP contribution in [0.3, 0.4) is 0 Å². The molecule has 10 heteroatoms. The predicted molar refractivity (Wildman–Crippen MR) is 162 cm³/mol. The van der Waals surface area contributed by atoms with Crippen molar-refractivity contribution in [2.75, 3.05) is 19.0 Å². The monoisotopic (exact) mass is 582 g/mol. The molecule has 0 aromatic heterocycles. The first-order valence-corrected chi connectivity index (χ1v) is 14.6. The summed E-state index contributed by atoms with van der Waals surface area (Å²) in [6.07, 6.45) is 9.56. The molecule has 4 aliphatic carbocycles. The number of methoxy groups -OCH3 is 1. The van der Waals surface area contributed by atoms with Crippen molar-refractivity contribution >= 4 is 29.4 Å². The maximum atomic E-state index is 12.7. The third kappa shape index (κ3) is 6.23. The average molecular weight is 583 g/mol. The summed E-state index contributed by atoms with van der Waals surface area (Å²) in [6.45, 7) is -0.195. The molecule has 0 saturated heterocycles. The Balaban J connectivity index is 1.01. The number of ether oxygens (including phenoxy) is 2. The molecule has 4 saturated carbocycles. The number of carbonyl (C=O) groups excluding carboxylic acids is 2. The SMILES string of the molecule is COc1cc(/C=N/NC(=O)c2cccc([N+](=O)[O-])c2)ccc1OCC(=O)Nc1ccc(C23CC4CC(CC(C4)C2)C3)cc1. The van der Waals surface area contributed by atoms with Gasteiger partial charge in [-0.3, -0.25) is 19.7 Å². The lowest BCUT2D eigenvalue weighted by Crippen LogP contribution is -2.48. The average Bonchev–Trinajstić information content (AvgIpc) is 3.00. The van der Waals surface area contributed by atoms with Gasteiger partial charge in [0.25, 0.3) is 17.5 Å². The Bertz CT molecular complexity index is 1530. The highest BCUT2D eigenvalue weighted by molar-refractivity contribution is 5.95. The highest BCUT2D eigenvalue weighted by Gasteiger charge is 2.51. The van der Waals surface area contributed by atoms with Crippen LogP contribution in [0.2, 0.25) is 0 Å². The number of hydrogen-bond donors (Lipinski definition) is 2. The number of rotatable bonds is 10. The Morgan fingerprint density at radius 3 is 2.33 bits per heavy atom. The third-order valence-corrected chi connectivity index (χ3v) is 9.06. The van der Waals surface area contributed by atoms with Gasteiger partial charge in [0.05, 0.1) is 18.2 Å². The summed E-state index contributed by atoms with van der Waals surface area (Å²) in [7, 11) is 1.48. The van der Waals surface area contributed by atoms with Gasteiger partial charge in [-0.2, -0.15) is 5.10 Å². The van der Waals surface area contributed by atoms with E-state index in [1.54, 1.807) is 18.2 Å². The molecule has 0 spiro atoms. The number of anilines is 1. The number of nitro benzene ring substituents is 1. The topological polar surface area (TPSA) is 132 Å². The zero-order valence-electron chi connectivity index (χ0n) is 24.0. The molecule has 4 bridgehead atoms. The van der Waals surface area contributed by atoms with Crippen molar-refractivity contribution in [3.63, 3.8) is 0 Å². The molecule has 3 aromatic rings. The molecule has 3 aromatic carbocycles. The second kappa shape index (κ2) is 11.9. The molecule has 0 aliphatic heterocycles. The first-order chi connectivity index (χ1) is 20.8. The van der Waals surface area contributed by atoms with Crippen LogP contribution in [0, 0.1) is 27.9 Å². The summed E-state index contributed by atoms with van der Waals surface area (Å²) < 4.78 is 11.1. The summed E-state index contributed by atoms with van der Waals surface area (Å²) >= 11 is 0. The van der Waals surface area contributed by atoms with E-state index in [2.05, 4.69) is 28.0 Å². The van der Waals surface area contributed by atoms with E-state index in [0.717, 1.165) is 23.4 Å². The van der Waals surface area contributed by atoms with Crippen LogP contribution in [-0.4, -0.2) is 36.7 Å². The van der Waals surface area contributed by atoms with Crippen molar-refractivity contribution in [1.82, 2.24) is 5.43 Å². The van der Waals surface area contributed by atoms with Crippen LogP contribution in [0.4, 0.5) is 11.4 Å². The van der Waals surface area contributed by atoms with E-state index in [4.69, 9.17) is 9.47 Å². The lowest BCUT2D eigenvalue weighted by atomic mass is 9.48. The molecule has 0 heterocycles. The molecule has 4 fully saturated rings. The molecule has 0 atom stereocenters. The van der Waals surface area contributed by atoms with Gasteiger partial charge in [0, 0.05) is 23.4 Å². The minimum atomic E-state index is -0.583. The Morgan fingerprint density at radius 2 is 1.67 bits per heavy atom. The maximum absolute atomic E-state index is 12.7. The summed E-state index contributed by atoms with van der Waals surface area (Å²) in [5, 5.41) is 17.8. The van der Waals surface area contributed by atoms with Crippen LogP contribution in [0.1, 0.15) is 60.0 Å². The Hall–Kier alpha value is -4.73. The van der Waals surface area contributed by atoms with Crippen LogP contribution >= 0.6 is 0 Å². The van der Waals surface area contributed by atoms with E-state index in [-0.39, 0.29) is 23.8 Å². The summed E-state index contributed by atoms with van der Waals surface area (Å²) in [5.41, 5.74) is 5.36. The van der Waals surface area contributed by atoms with Gasteiger partial charge in [-0.05, 0) is 109 Å². The Morgan fingerprint density at radius 1 is 0.977 bits per heavy atom. The molecule has 0 unspecified atom stereocenters. The van der Waals surface area contributed by atoms with Crippen molar-refractivity contribution in [3.8, 4) is 11.5 Å². The van der Waals surface area contributed by atoms with Gasteiger partial charge < -0.3 is 14.8 Å². The summed E-state index contributed by atoms with van der Waals surface area (Å²) in [5.74, 6) is 2.56. The zero-order valence-corrected chi connectivity index (χ0v) is 24.0. The first-order valence-electron chi connectivity index (χ1n) is 14.6. The number of carbonyl (C=O) groups is 2. The number of nitro groups is 1. The number of nitrogens with one attached hydrogen (secondary N) is 2. The van der Waals surface area contributed by atoms with E-state index >= 15 is 0 Å². The largest absolute Gasteiger partial charge is 0.493 e. The molecular formula is C33H34N4O6. The minimum absolute atomic E-state index is 0.115. The standard InChI is InChI=1S/C33H34N4O6/c1-42-30-14-21(19-34-36-32(39)25-3-2-4-28(15-25)37(40)41)5-10-29(30)43-20-31(38)35-27-8-6-26(7-9-27)33-16-22-11-23(17-33)13-24(12-22)18-33/h2-10,14-15,19,22-24H,11-13,16-18,20H2,1H3,(H,35,38)(H,36,39)/b34-19+. The van der Waals surface area contributed by atoms with Crippen LogP contribution < -0.4 is 20.2 Å². The zero-order chi connectivity index (χ0) is 30.0. The highest BCUT2D eigenvalue weighted by Crippen LogP contribution is 2.60. The molecule has 222 valence electrons. The first kappa shape index (κ1) is 28.4. The summed E-state index contributed by atoms with van der Waals surface area (Å²) in [6, 6.07) is 18.8. The van der Waals surface area contributed by atoms with Crippen molar-refractivity contribution in [1.29, 1.82) is 0 Å². The van der Waals surface area contributed by atoms with Gasteiger partial charge in [0.1, 0.15) is 0 Å². The number of amides is 2. The van der Waals surface area contributed by atoms with Gasteiger partial charge in [-0.15, -0.1) is 0 Å². The van der Waals surface area contributed by atoms with Crippen molar-refractivity contribution in [2.45, 2.75) is 43.9 Å². The number of non-ortho nitro benzene ring substituents is 1. The van der Waals surface area contributed by atoms with Crippen LogP contribution in [0.25, 0.3) is 0 Å². The fourth-order valence-electron chi connectivity index (χ4n) is 7.59. The van der Waals surface area contributed by atoms with E-state index in [1.165, 1.54) is 81.7 Å². The number of benzene rings is 3. The van der Waals surface area contributed by atoms with Crippen molar-refractivity contribution in [2.24, 2.45) is 22.9 Å². The van der Waals surface area contributed by atoms with Gasteiger partial charge in [0.2, 0.25) is 0 Å². The molecule has 2 amide bonds. The fraction of sp³-hybridized carbons (Fsp3) is 0.364. The van der Waals surface area contributed by atoms with Gasteiger partial charge in [0.15, 0.2) is 18.1 Å². The second-order valence-electron chi connectivity index (χ2n) is 12.0. The molecular weight excluding hydrogens is 548 g/mol. The lowest BCUT2D eigenvalue weighted by Gasteiger charge is -2.57. The second-order valence-corrected chi connectivity index (χ2v) is 12.0. The highest BCUT2D eigenvalue weighted by atomic mass is 16.6. The summed E-state index contributed by atoms with van der Waals surface area (Å²) in [4.78, 5) is 35.3. The maximum Gasteiger partial charge on any atom is 0.271 e. The van der Waals surface area contributed by atoms with Crippen LogP contribution in [0.15, 0.2) is 71.8 Å². The normalized spacial score (nSPS) is 23.6. The molecule has 7 rings (SSSR count). The van der Waals surface area contributed by atoms with E-state index in [0.29, 0.717) is 22.5 Å². The van der Waals surface area contributed by atoms with Crippen molar-refractivity contribution in [3.05, 3.63) is 93.5 Å². The predicted octanol–water partition coefficient (Wildman–Crippen LogP) is 5.85. The molecule has 10 nitrogen and oxygen atoms in total. The van der Waals surface area contributed by atoms with E-state index in [1.807, 2.05) is 12.1 Å². The molecule has 0 radical (unpaired) electrons. The quantitative estimate of drug-likeness (QED) is 0.175. The fourth-order valence-corrected chi connectivity index (χ4v) is 7.59. The molecule has 43 heavy (non-hydrogen) atoms. The Labute approximate surface area is 249 Å². The van der Waals surface area contributed by atoms with Crippen molar-refractivity contribution < 1.29 is 24.0 Å². The number of hydrazone groups is 1. The molecule has 4 aliphatic rings. The van der Waals surface area contributed by atoms with E-state index in [9.17, 15) is 19.7 Å². The minimum Gasteiger partial charge on any atom is -0.493 e. The number of hydrogen-bond acceptors (Lipinski definition) is 7. The van der Waals surface area contributed by atoms with E-state index < -0.39 is 10.8 Å². The number of nitrogens with zero attached hydrogens (tertiary/aromatic N) is 2. The Kier molecular flexibility index (Phi) is 7.84. The van der Waals surface area contributed by atoms with Crippen LogP contribution in [-0.2, 0) is 10.2 Å². The third-order valence-electron chi connectivity index (χ3n) is 9.06. The smallest absolute Gasteiger partial charge is 0.271 e. The van der Waals surface area contributed by atoms with Crippen LogP contribution in [0.5, 0.6) is 11.5 Å². The van der Waals surface area contributed by atoms with Gasteiger partial charge in [-0.1, -0.05) is 18.2 Å². The lowest BCUT2D eigenvalue weighted by molar-refractivity contribution is -0.384.